The normalized spacial score (nSPS) is 14.6. The molecule has 0 fully saturated rings. The summed E-state index contributed by atoms with van der Waals surface area (Å²) in [7, 11) is 0. The molecule has 1 amide bonds. The van der Waals surface area contributed by atoms with Crippen LogP contribution in [0.1, 0.15) is 12.5 Å². The molecule has 0 aliphatic carbocycles. The average molecular weight is 338 g/mol. The van der Waals surface area contributed by atoms with E-state index in [1.807, 2.05) is 0 Å². The first-order valence-corrected chi connectivity index (χ1v) is 6.48. The van der Waals surface area contributed by atoms with Crippen molar-refractivity contribution in [3.63, 3.8) is 0 Å². The molecule has 1 aliphatic rings. The lowest BCUT2D eigenvalue weighted by molar-refractivity contribution is -0.393. The Balaban J connectivity index is 2.67. The molecule has 0 unspecified atom stereocenters. The predicted octanol–water partition coefficient (Wildman–Crippen LogP) is 0.591. The Morgan fingerprint density at radius 3 is 2.50 bits per heavy atom. The summed E-state index contributed by atoms with van der Waals surface area (Å²) in [5.41, 5.74) is -2.74. The fourth-order valence-electron chi connectivity index (χ4n) is 2.24. The number of hydrogen-bond donors (Lipinski definition) is 1. The van der Waals surface area contributed by atoms with Crippen LogP contribution in [0.2, 0.25) is 0 Å². The van der Waals surface area contributed by atoms with E-state index >= 15 is 0 Å². The van der Waals surface area contributed by atoms with Gasteiger partial charge in [-0.2, -0.15) is 0 Å². The second-order valence-corrected chi connectivity index (χ2v) is 4.52. The number of nitrogens with zero attached hydrogens (tertiary/aromatic N) is 4. The molecule has 1 heterocycles. The molecule has 0 saturated carbocycles. The second-order valence-electron chi connectivity index (χ2n) is 4.52. The van der Waals surface area contributed by atoms with Gasteiger partial charge in [-0.1, -0.05) is 5.16 Å². The van der Waals surface area contributed by atoms with Crippen LogP contribution in [0.25, 0.3) is 0 Å². The lowest BCUT2D eigenvalue weighted by atomic mass is 10.1. The molecular weight excluding hydrogens is 328 g/mol. The van der Waals surface area contributed by atoms with Crippen molar-refractivity contribution in [3.8, 4) is 0 Å². The van der Waals surface area contributed by atoms with E-state index in [9.17, 15) is 29.8 Å². The smallest absolute Gasteiger partial charge is 0.326 e. The Morgan fingerprint density at radius 1 is 1.33 bits per heavy atom. The highest BCUT2D eigenvalue weighted by Crippen LogP contribution is 2.40. The van der Waals surface area contributed by atoms with E-state index in [2.05, 4.69) is 9.89 Å². The van der Waals surface area contributed by atoms with E-state index in [1.54, 1.807) is 0 Å². The number of non-ortho nitro benzene ring substituents is 1. The highest BCUT2D eigenvalue weighted by molar-refractivity contribution is 6.55. The summed E-state index contributed by atoms with van der Waals surface area (Å²) in [6.45, 7) is 0.887. The minimum atomic E-state index is -1.01. The minimum absolute atomic E-state index is 0.0248. The number of amides is 1. The van der Waals surface area contributed by atoms with Gasteiger partial charge in [-0.25, -0.2) is 0 Å². The van der Waals surface area contributed by atoms with E-state index in [4.69, 9.17) is 5.21 Å². The molecule has 1 aromatic rings. The average Bonchev–Trinajstić information content (AvgIpc) is 2.78. The zero-order chi connectivity index (χ0) is 18.0. The van der Waals surface area contributed by atoms with Gasteiger partial charge in [0.1, 0.15) is 12.2 Å². The van der Waals surface area contributed by atoms with Crippen molar-refractivity contribution < 1.29 is 29.4 Å². The number of carbonyl (C=O) groups excluding carboxylic acids is 2. The van der Waals surface area contributed by atoms with Crippen molar-refractivity contribution >= 4 is 34.7 Å². The van der Waals surface area contributed by atoms with E-state index < -0.39 is 45.4 Å². The van der Waals surface area contributed by atoms with Crippen molar-refractivity contribution in [2.75, 3.05) is 18.1 Å². The topological polar surface area (TPSA) is 165 Å². The summed E-state index contributed by atoms with van der Waals surface area (Å²) in [6, 6.07) is 1.52. The van der Waals surface area contributed by atoms with Gasteiger partial charge in [0.25, 0.3) is 11.6 Å². The summed E-state index contributed by atoms with van der Waals surface area (Å²) >= 11 is 0. The fourth-order valence-corrected chi connectivity index (χ4v) is 2.24. The van der Waals surface area contributed by atoms with Crippen molar-refractivity contribution in [2.45, 2.75) is 6.92 Å². The van der Waals surface area contributed by atoms with Crippen LogP contribution in [0, 0.1) is 20.2 Å². The number of hydrogen-bond acceptors (Lipinski definition) is 9. The number of anilines is 1. The molecule has 0 bridgehead atoms. The Kier molecular flexibility index (Phi) is 4.39. The maximum Gasteiger partial charge on any atom is 0.326 e. The highest BCUT2D eigenvalue weighted by atomic mass is 16.6. The second kappa shape index (κ2) is 6.28. The molecular formula is C12H10N4O8. The molecule has 12 heteroatoms. The number of oxime groups is 1. The van der Waals surface area contributed by atoms with Crippen molar-refractivity contribution in [1.29, 1.82) is 0 Å². The molecule has 126 valence electrons. The van der Waals surface area contributed by atoms with Crippen molar-refractivity contribution in [3.05, 3.63) is 37.9 Å². The number of carbonyl (C=O) groups is 2. The third-order valence-electron chi connectivity index (χ3n) is 3.15. The maximum atomic E-state index is 12.2. The number of nitro benzene ring substituents is 2. The summed E-state index contributed by atoms with van der Waals surface area (Å²) < 4.78 is 4.69. The van der Waals surface area contributed by atoms with Crippen LogP contribution in [0.5, 0.6) is 0 Å². The number of esters is 1. The molecule has 2 rings (SSSR count). The van der Waals surface area contributed by atoms with Gasteiger partial charge in [-0.3, -0.25) is 34.7 Å². The third-order valence-corrected chi connectivity index (χ3v) is 3.15. The predicted molar refractivity (Wildman–Crippen MR) is 77.1 cm³/mol. The Morgan fingerprint density at radius 2 is 2.00 bits per heavy atom. The van der Waals surface area contributed by atoms with Gasteiger partial charge >= 0.3 is 11.7 Å². The van der Waals surface area contributed by atoms with Crippen molar-refractivity contribution in [2.24, 2.45) is 5.16 Å². The zero-order valence-electron chi connectivity index (χ0n) is 12.2. The number of ether oxygens (including phenoxy) is 1. The molecule has 1 aliphatic heterocycles. The monoisotopic (exact) mass is 338 g/mol. The van der Waals surface area contributed by atoms with Crippen LogP contribution >= 0.6 is 0 Å². The molecule has 24 heavy (non-hydrogen) atoms. The number of benzene rings is 1. The Bertz CT molecular complexity index is 788. The van der Waals surface area contributed by atoms with Crippen molar-refractivity contribution in [1.82, 2.24) is 0 Å². The SMILES string of the molecule is CCOC(=O)CN1C(=O)/C(=N/O)c2cc([N+](=O)[O-])cc([N+](=O)[O-])c21. The van der Waals surface area contributed by atoms with Gasteiger partial charge in [0.15, 0.2) is 5.71 Å². The van der Waals surface area contributed by atoms with Crippen LogP contribution in [-0.4, -0.2) is 45.8 Å². The largest absolute Gasteiger partial charge is 0.465 e. The van der Waals surface area contributed by atoms with Gasteiger partial charge in [-0.15, -0.1) is 0 Å². The standard InChI is InChI=1S/C12H10N4O8/c1-2-24-9(17)5-14-11-7(10(13-19)12(14)18)3-6(15(20)21)4-8(11)16(22)23/h3-4,19H,2,5H2,1H3/b13-10+. The Labute approximate surface area is 133 Å². The fraction of sp³-hybridized carbons (Fsp3) is 0.250. The van der Waals surface area contributed by atoms with Gasteiger partial charge in [0.05, 0.1) is 22.5 Å². The van der Waals surface area contributed by atoms with E-state index in [-0.39, 0.29) is 17.9 Å². The van der Waals surface area contributed by atoms with Gasteiger partial charge in [-0.05, 0) is 6.92 Å². The van der Waals surface area contributed by atoms with E-state index in [1.165, 1.54) is 6.92 Å². The zero-order valence-corrected chi connectivity index (χ0v) is 12.2. The van der Waals surface area contributed by atoms with Gasteiger partial charge < -0.3 is 9.94 Å². The number of rotatable bonds is 5. The molecule has 0 radical (unpaired) electrons. The van der Waals surface area contributed by atoms with Crippen LogP contribution in [0.3, 0.4) is 0 Å². The van der Waals surface area contributed by atoms with Crippen LogP contribution in [-0.2, 0) is 14.3 Å². The van der Waals surface area contributed by atoms with Gasteiger partial charge in [0.2, 0.25) is 0 Å². The molecule has 0 atom stereocenters. The summed E-state index contributed by atoms with van der Waals surface area (Å²) in [5.74, 6) is -1.85. The summed E-state index contributed by atoms with van der Waals surface area (Å²) in [4.78, 5) is 44.8. The molecule has 0 spiro atoms. The lowest BCUT2D eigenvalue weighted by Gasteiger charge is -2.15. The van der Waals surface area contributed by atoms with Gasteiger partial charge in [0, 0.05) is 11.6 Å². The first kappa shape index (κ1) is 16.8. The first-order chi connectivity index (χ1) is 11.3. The summed E-state index contributed by atoms with van der Waals surface area (Å²) in [5, 5.41) is 33.8. The van der Waals surface area contributed by atoms with E-state index in [0.29, 0.717) is 11.0 Å². The highest BCUT2D eigenvalue weighted by Gasteiger charge is 2.43. The molecule has 1 N–H and O–H groups in total. The third kappa shape index (κ3) is 2.71. The molecule has 0 aromatic heterocycles. The lowest BCUT2D eigenvalue weighted by Crippen LogP contribution is -2.36. The number of fused-ring (bicyclic) bond motifs is 1. The molecule has 12 nitrogen and oxygen atoms in total. The minimum Gasteiger partial charge on any atom is -0.465 e. The molecule has 0 saturated heterocycles. The first-order valence-electron chi connectivity index (χ1n) is 6.48. The van der Waals surface area contributed by atoms with E-state index in [0.717, 1.165) is 6.07 Å². The van der Waals surface area contributed by atoms with Crippen LogP contribution in [0.4, 0.5) is 17.1 Å². The quantitative estimate of drug-likeness (QED) is 0.352. The Hall–Kier alpha value is -3.57. The van der Waals surface area contributed by atoms with Crippen LogP contribution < -0.4 is 4.90 Å². The maximum absolute atomic E-state index is 12.2. The molecule has 1 aromatic carbocycles. The number of nitro groups is 2. The summed E-state index contributed by atoms with van der Waals surface area (Å²) in [6.07, 6.45) is 0. The van der Waals surface area contributed by atoms with Crippen LogP contribution in [0.15, 0.2) is 17.3 Å².